The van der Waals surface area contributed by atoms with Crippen LogP contribution in [-0.4, -0.2) is 24.1 Å². The smallest absolute Gasteiger partial charge is 0.344 e. The van der Waals surface area contributed by atoms with E-state index in [1.807, 2.05) is 6.92 Å². The van der Waals surface area contributed by atoms with Crippen molar-refractivity contribution in [3.8, 4) is 0 Å². The standard InChI is InChI=1S/C19H32O4/c1-5-8-16(20)22-12-17(21)23-19(7-3)13-18(4,6-2)14-9-10-15(19)11-14/h14-15H,5-13H2,1-4H3. The first kappa shape index (κ1) is 18.3. The van der Waals surface area contributed by atoms with Gasteiger partial charge in [0.25, 0.3) is 0 Å². The van der Waals surface area contributed by atoms with Crippen LogP contribution in [0.2, 0.25) is 0 Å². The van der Waals surface area contributed by atoms with Crippen LogP contribution >= 0.6 is 0 Å². The van der Waals surface area contributed by atoms with Crippen molar-refractivity contribution < 1.29 is 19.1 Å². The topological polar surface area (TPSA) is 52.6 Å². The normalized spacial score (nSPS) is 35.8. The third-order valence-corrected chi connectivity index (χ3v) is 6.39. The van der Waals surface area contributed by atoms with Gasteiger partial charge in [-0.3, -0.25) is 4.79 Å². The maximum Gasteiger partial charge on any atom is 0.344 e. The number of carbonyl (C=O) groups excluding carboxylic acids is 2. The molecule has 2 aliphatic carbocycles. The Balaban J connectivity index is 2.02. The maximum atomic E-state index is 12.3. The summed E-state index contributed by atoms with van der Waals surface area (Å²) in [6.07, 6.45) is 7.55. The molecule has 0 aromatic carbocycles. The van der Waals surface area contributed by atoms with Gasteiger partial charge < -0.3 is 9.47 Å². The highest BCUT2D eigenvalue weighted by molar-refractivity contribution is 5.76. The Labute approximate surface area is 140 Å². The lowest BCUT2D eigenvalue weighted by Gasteiger charge is -2.50. The van der Waals surface area contributed by atoms with Gasteiger partial charge in [-0.25, -0.2) is 4.79 Å². The molecule has 0 aliphatic heterocycles. The van der Waals surface area contributed by atoms with E-state index < -0.39 is 0 Å². The molecular formula is C19H32O4. The van der Waals surface area contributed by atoms with Crippen LogP contribution in [0.3, 0.4) is 0 Å². The van der Waals surface area contributed by atoms with Crippen LogP contribution in [0.1, 0.15) is 79.1 Å². The van der Waals surface area contributed by atoms with Gasteiger partial charge in [0.2, 0.25) is 0 Å². The zero-order valence-electron chi connectivity index (χ0n) is 15.2. The lowest BCUT2D eigenvalue weighted by atomic mass is 9.60. The average Bonchev–Trinajstić information content (AvgIpc) is 3.00. The number of ether oxygens (including phenoxy) is 2. The second-order valence-corrected chi connectivity index (χ2v) is 7.69. The van der Waals surface area contributed by atoms with Crippen LogP contribution in [0, 0.1) is 17.3 Å². The summed E-state index contributed by atoms with van der Waals surface area (Å²) in [4.78, 5) is 23.7. The summed E-state index contributed by atoms with van der Waals surface area (Å²) in [6, 6.07) is 0. The largest absolute Gasteiger partial charge is 0.456 e. The van der Waals surface area contributed by atoms with E-state index >= 15 is 0 Å². The minimum atomic E-state index is -0.389. The van der Waals surface area contributed by atoms with Crippen molar-refractivity contribution in [1.82, 2.24) is 0 Å². The number of esters is 2. The van der Waals surface area contributed by atoms with E-state index in [1.165, 1.54) is 12.8 Å². The molecule has 4 nitrogen and oxygen atoms in total. The van der Waals surface area contributed by atoms with Gasteiger partial charge in [0.1, 0.15) is 5.60 Å². The van der Waals surface area contributed by atoms with Crippen LogP contribution in [-0.2, 0) is 19.1 Å². The first-order valence-corrected chi connectivity index (χ1v) is 9.26. The minimum Gasteiger partial charge on any atom is -0.456 e. The van der Waals surface area contributed by atoms with Gasteiger partial charge in [0.15, 0.2) is 6.61 Å². The SMILES string of the molecule is CCCC(=O)OCC(=O)OC1(CC)CC(C)(CC)C2CCC1C2. The first-order valence-electron chi connectivity index (χ1n) is 9.26. The highest BCUT2D eigenvalue weighted by atomic mass is 16.6. The fourth-order valence-corrected chi connectivity index (χ4v) is 4.76. The van der Waals surface area contributed by atoms with E-state index in [0.29, 0.717) is 12.3 Å². The molecule has 2 aliphatic rings. The summed E-state index contributed by atoms with van der Waals surface area (Å²) in [7, 11) is 0. The summed E-state index contributed by atoms with van der Waals surface area (Å²) < 4.78 is 11.0. The predicted molar refractivity (Wildman–Crippen MR) is 88.8 cm³/mol. The second-order valence-electron chi connectivity index (χ2n) is 7.69. The molecule has 23 heavy (non-hydrogen) atoms. The number of fused-ring (bicyclic) bond motifs is 2. The monoisotopic (exact) mass is 324 g/mol. The second kappa shape index (κ2) is 7.23. The Morgan fingerprint density at radius 2 is 1.74 bits per heavy atom. The highest BCUT2D eigenvalue weighted by Gasteiger charge is 2.56. The van der Waals surface area contributed by atoms with Crippen LogP contribution in [0.15, 0.2) is 0 Å². The first-order chi connectivity index (χ1) is 10.9. The molecule has 0 N–H and O–H groups in total. The van der Waals surface area contributed by atoms with Crippen LogP contribution in [0.25, 0.3) is 0 Å². The Kier molecular flexibility index (Phi) is 5.74. The molecule has 2 fully saturated rings. The molecule has 0 saturated heterocycles. The molecule has 2 bridgehead atoms. The molecule has 0 aromatic rings. The minimum absolute atomic E-state index is 0.250. The third-order valence-electron chi connectivity index (χ3n) is 6.39. The fraction of sp³-hybridized carbons (Fsp3) is 0.895. The molecule has 0 spiro atoms. The van der Waals surface area contributed by atoms with E-state index in [0.717, 1.165) is 38.0 Å². The maximum absolute atomic E-state index is 12.3. The predicted octanol–water partition coefficient (Wildman–Crippen LogP) is 4.26. The Bertz CT molecular complexity index is 447. The molecule has 0 amide bonds. The van der Waals surface area contributed by atoms with Crippen molar-refractivity contribution in [3.05, 3.63) is 0 Å². The zero-order chi connectivity index (χ0) is 17.1. The van der Waals surface area contributed by atoms with E-state index in [1.54, 1.807) is 0 Å². The average molecular weight is 324 g/mol. The zero-order valence-corrected chi connectivity index (χ0v) is 15.2. The lowest BCUT2D eigenvalue weighted by molar-refractivity contribution is -0.186. The van der Waals surface area contributed by atoms with Crippen molar-refractivity contribution in [2.45, 2.75) is 84.7 Å². The van der Waals surface area contributed by atoms with E-state index in [2.05, 4.69) is 20.8 Å². The van der Waals surface area contributed by atoms with E-state index in [9.17, 15) is 9.59 Å². The summed E-state index contributed by atoms with van der Waals surface area (Å²) in [6.45, 7) is 8.37. The number of carbonyl (C=O) groups is 2. The van der Waals surface area contributed by atoms with Crippen molar-refractivity contribution in [2.24, 2.45) is 17.3 Å². The van der Waals surface area contributed by atoms with Gasteiger partial charge in [-0.1, -0.05) is 34.1 Å². The van der Waals surface area contributed by atoms with Gasteiger partial charge >= 0.3 is 11.9 Å². The molecule has 0 aromatic heterocycles. The third kappa shape index (κ3) is 3.72. The molecular weight excluding hydrogens is 292 g/mol. The van der Waals surface area contributed by atoms with E-state index in [4.69, 9.17) is 9.47 Å². The van der Waals surface area contributed by atoms with Crippen molar-refractivity contribution in [1.29, 1.82) is 0 Å². The van der Waals surface area contributed by atoms with Gasteiger partial charge in [0.05, 0.1) is 0 Å². The van der Waals surface area contributed by atoms with Crippen LogP contribution < -0.4 is 0 Å². The van der Waals surface area contributed by atoms with Crippen LogP contribution in [0.5, 0.6) is 0 Å². The highest BCUT2D eigenvalue weighted by Crippen LogP contribution is 2.59. The van der Waals surface area contributed by atoms with Gasteiger partial charge in [-0.2, -0.15) is 0 Å². The molecule has 132 valence electrons. The molecule has 2 saturated carbocycles. The van der Waals surface area contributed by atoms with Crippen LogP contribution in [0.4, 0.5) is 0 Å². The van der Waals surface area contributed by atoms with Gasteiger partial charge in [-0.15, -0.1) is 0 Å². The summed E-state index contributed by atoms with van der Waals surface area (Å²) >= 11 is 0. The quantitative estimate of drug-likeness (QED) is 0.657. The molecule has 0 heterocycles. The molecule has 4 heteroatoms. The lowest BCUT2D eigenvalue weighted by Crippen LogP contribution is -2.50. The summed E-state index contributed by atoms with van der Waals surface area (Å²) in [5.74, 6) is 0.517. The Morgan fingerprint density at radius 1 is 1.04 bits per heavy atom. The number of rotatable bonds is 7. The number of hydrogen-bond acceptors (Lipinski definition) is 4. The molecule has 0 radical (unpaired) electrons. The van der Waals surface area contributed by atoms with E-state index in [-0.39, 0.29) is 29.6 Å². The van der Waals surface area contributed by atoms with Crippen molar-refractivity contribution >= 4 is 11.9 Å². The van der Waals surface area contributed by atoms with Crippen molar-refractivity contribution in [2.75, 3.05) is 6.61 Å². The molecule has 2 rings (SSSR count). The fourth-order valence-electron chi connectivity index (χ4n) is 4.76. The molecule has 4 unspecified atom stereocenters. The summed E-state index contributed by atoms with van der Waals surface area (Å²) in [5, 5.41) is 0. The van der Waals surface area contributed by atoms with Gasteiger partial charge in [0, 0.05) is 6.42 Å². The number of hydrogen-bond donors (Lipinski definition) is 0. The Hall–Kier alpha value is -1.06. The Morgan fingerprint density at radius 3 is 2.35 bits per heavy atom. The molecule has 4 atom stereocenters. The van der Waals surface area contributed by atoms with Gasteiger partial charge in [-0.05, 0) is 55.8 Å². The van der Waals surface area contributed by atoms with Crippen molar-refractivity contribution in [3.63, 3.8) is 0 Å². The summed E-state index contributed by atoms with van der Waals surface area (Å²) in [5.41, 5.74) is -0.117.